The van der Waals surface area contributed by atoms with Crippen molar-refractivity contribution in [3.63, 3.8) is 0 Å². The van der Waals surface area contributed by atoms with Gasteiger partial charge in [-0.3, -0.25) is 9.69 Å². The maximum Gasteiger partial charge on any atom is 0.573 e. The topological polar surface area (TPSA) is 105 Å². The summed E-state index contributed by atoms with van der Waals surface area (Å²) in [5.41, 5.74) is 7.89. The van der Waals surface area contributed by atoms with E-state index in [9.17, 15) is 35.2 Å². The highest BCUT2D eigenvalue weighted by atomic mass is 32.2. The van der Waals surface area contributed by atoms with Crippen LogP contribution in [0.25, 0.3) is 11.1 Å². The number of carbonyl (C=O) groups excluding carboxylic acids is 1. The second-order valence-electron chi connectivity index (χ2n) is 13.8. The average molecular weight is 751 g/mol. The summed E-state index contributed by atoms with van der Waals surface area (Å²) in [6, 6.07) is 16.2. The highest BCUT2D eigenvalue weighted by Crippen LogP contribution is 2.31. The number of hydrogen-bond donors (Lipinski definition) is 1. The number of nitrogens with zero attached hydrogens (tertiary/aromatic N) is 3. The van der Waals surface area contributed by atoms with Gasteiger partial charge in [0.15, 0.2) is 0 Å². The first-order valence-corrected chi connectivity index (χ1v) is 19.0. The number of likely N-dealkylation sites (tertiary alicyclic amines) is 1. The van der Waals surface area contributed by atoms with Gasteiger partial charge >= 0.3 is 6.36 Å². The number of carbonyl (C=O) groups is 1. The van der Waals surface area contributed by atoms with Crippen LogP contribution in [-0.2, 0) is 21.4 Å². The summed E-state index contributed by atoms with van der Waals surface area (Å²) in [5, 5.41) is 0. The fourth-order valence-corrected chi connectivity index (χ4v) is 8.70. The first-order valence-electron chi connectivity index (χ1n) is 17.5. The Bertz CT molecular complexity index is 1770. The van der Waals surface area contributed by atoms with E-state index in [-0.39, 0.29) is 43.2 Å². The van der Waals surface area contributed by atoms with Crippen molar-refractivity contribution in [1.82, 2.24) is 14.1 Å². The summed E-state index contributed by atoms with van der Waals surface area (Å²) in [4.78, 5) is 16.9. The molecule has 3 fully saturated rings. The minimum Gasteiger partial charge on any atom is -0.493 e. The third kappa shape index (κ3) is 9.22. The van der Waals surface area contributed by atoms with Crippen molar-refractivity contribution >= 4 is 15.9 Å². The van der Waals surface area contributed by atoms with Crippen LogP contribution in [0.3, 0.4) is 0 Å². The highest BCUT2D eigenvalue weighted by molar-refractivity contribution is 7.89. The normalized spacial score (nSPS) is 22.2. The number of ether oxygens (including phenoxy) is 2. The molecule has 282 valence electrons. The summed E-state index contributed by atoms with van der Waals surface area (Å²) in [6.45, 7) is 0.182. The Hall–Kier alpha value is -3.79. The summed E-state index contributed by atoms with van der Waals surface area (Å²) >= 11 is 0. The van der Waals surface area contributed by atoms with Gasteiger partial charge in [0.2, 0.25) is 15.9 Å². The largest absolute Gasteiger partial charge is 0.573 e. The van der Waals surface area contributed by atoms with E-state index in [1.807, 2.05) is 17.0 Å². The van der Waals surface area contributed by atoms with Gasteiger partial charge in [-0.15, -0.1) is 13.2 Å². The van der Waals surface area contributed by atoms with Crippen LogP contribution in [0.15, 0.2) is 77.7 Å². The number of hydrogen-bond acceptors (Lipinski definition) is 7. The first-order chi connectivity index (χ1) is 24.7. The lowest BCUT2D eigenvalue weighted by atomic mass is 9.90. The van der Waals surface area contributed by atoms with E-state index in [1.54, 1.807) is 24.3 Å². The van der Waals surface area contributed by atoms with Crippen LogP contribution in [0.1, 0.15) is 44.1 Å². The summed E-state index contributed by atoms with van der Waals surface area (Å²) in [5.74, 6) is -3.33. The molecule has 15 heteroatoms. The zero-order valence-corrected chi connectivity index (χ0v) is 29.4. The Balaban J connectivity index is 1.16. The Labute approximate surface area is 300 Å². The molecule has 3 aliphatic rings. The Morgan fingerprint density at radius 2 is 1.44 bits per heavy atom. The van der Waals surface area contributed by atoms with Crippen LogP contribution in [0.5, 0.6) is 11.5 Å². The lowest BCUT2D eigenvalue weighted by molar-refractivity contribution is -0.274. The van der Waals surface area contributed by atoms with E-state index in [2.05, 4.69) is 4.74 Å². The molecule has 0 radical (unpaired) electrons. The third-order valence-electron chi connectivity index (χ3n) is 10.1. The molecule has 0 bridgehead atoms. The number of piperazine rings is 1. The number of piperidine rings is 1. The molecule has 0 spiro atoms. The molecule has 2 saturated heterocycles. The zero-order valence-electron chi connectivity index (χ0n) is 28.6. The number of amides is 1. The lowest BCUT2D eigenvalue weighted by Gasteiger charge is -2.43. The van der Waals surface area contributed by atoms with Crippen LogP contribution >= 0.6 is 0 Å². The number of alkyl halides is 5. The van der Waals surface area contributed by atoms with Crippen LogP contribution in [0.2, 0.25) is 0 Å². The maximum atomic E-state index is 14.7. The smallest absolute Gasteiger partial charge is 0.493 e. The van der Waals surface area contributed by atoms with Gasteiger partial charge in [0.05, 0.1) is 24.1 Å². The molecule has 1 unspecified atom stereocenters. The number of nitrogens with two attached hydrogens (primary N) is 1. The predicted octanol–water partition coefficient (Wildman–Crippen LogP) is 6.28. The minimum absolute atomic E-state index is 0.0161. The van der Waals surface area contributed by atoms with Crippen LogP contribution in [-0.4, -0.2) is 92.1 Å². The summed E-state index contributed by atoms with van der Waals surface area (Å²) in [7, 11) is -4.21. The Morgan fingerprint density at radius 3 is 2.06 bits per heavy atom. The zero-order chi connectivity index (χ0) is 37.1. The Morgan fingerprint density at radius 1 is 0.827 bits per heavy atom. The van der Waals surface area contributed by atoms with E-state index in [0.717, 1.165) is 33.2 Å². The van der Waals surface area contributed by atoms with Crippen LogP contribution < -0.4 is 15.2 Å². The number of rotatable bonds is 10. The monoisotopic (exact) mass is 750 g/mol. The molecule has 2 aliphatic heterocycles. The summed E-state index contributed by atoms with van der Waals surface area (Å²) in [6.07, 6.45) is 0.896. The van der Waals surface area contributed by atoms with Gasteiger partial charge in [-0.1, -0.05) is 55.7 Å². The van der Waals surface area contributed by atoms with Gasteiger partial charge in [0.1, 0.15) is 17.5 Å². The molecule has 6 rings (SSSR count). The van der Waals surface area contributed by atoms with Gasteiger partial charge in [-0.05, 0) is 78.3 Å². The third-order valence-corrected chi connectivity index (χ3v) is 12.0. The van der Waals surface area contributed by atoms with E-state index in [0.29, 0.717) is 30.4 Å². The van der Waals surface area contributed by atoms with Crippen molar-refractivity contribution in [2.24, 2.45) is 11.7 Å². The molecule has 9 nitrogen and oxygen atoms in total. The van der Waals surface area contributed by atoms with Gasteiger partial charge in [-0.25, -0.2) is 17.2 Å². The van der Waals surface area contributed by atoms with Gasteiger partial charge in [0.25, 0.3) is 5.92 Å². The van der Waals surface area contributed by atoms with Crippen molar-refractivity contribution < 1.29 is 44.6 Å². The molecule has 3 aromatic carbocycles. The van der Waals surface area contributed by atoms with Crippen LogP contribution in [0, 0.1) is 5.92 Å². The molecular formula is C37H43F5N4O5S. The molecule has 3 aromatic rings. The Kier molecular flexibility index (Phi) is 11.4. The molecule has 2 N–H and O–H groups in total. The van der Waals surface area contributed by atoms with E-state index in [4.69, 9.17) is 10.5 Å². The van der Waals surface area contributed by atoms with Crippen molar-refractivity contribution in [2.45, 2.75) is 74.3 Å². The van der Waals surface area contributed by atoms with Gasteiger partial charge in [-0.2, -0.15) is 4.31 Å². The molecular weight excluding hydrogens is 707 g/mol. The second-order valence-corrected chi connectivity index (χ2v) is 15.7. The molecule has 1 aliphatic carbocycles. The quantitative estimate of drug-likeness (QED) is 0.243. The summed E-state index contributed by atoms with van der Waals surface area (Å²) < 4.78 is 106. The second kappa shape index (κ2) is 15.7. The number of halogens is 5. The van der Waals surface area contributed by atoms with Crippen molar-refractivity contribution in [1.29, 1.82) is 0 Å². The lowest BCUT2D eigenvalue weighted by Crippen LogP contribution is -2.64. The van der Waals surface area contributed by atoms with E-state index < -0.39 is 46.8 Å². The van der Waals surface area contributed by atoms with E-state index >= 15 is 0 Å². The van der Waals surface area contributed by atoms with Gasteiger partial charge < -0.3 is 20.1 Å². The van der Waals surface area contributed by atoms with Gasteiger partial charge in [0, 0.05) is 32.7 Å². The SMILES string of the molecule is NC1CCN(C(=O)[C@@H]2CN(Cc3ccc(-c4ccc(OC(F)(F)F)cc4)cc3)CCN2S(=O)(=O)c2ccc(OCC3CCCCC3)cc2)CC1(F)F. The maximum absolute atomic E-state index is 14.7. The van der Waals surface area contributed by atoms with E-state index in [1.165, 1.54) is 55.7 Å². The van der Waals surface area contributed by atoms with Crippen molar-refractivity contribution in [3.8, 4) is 22.6 Å². The van der Waals surface area contributed by atoms with Crippen LogP contribution in [0.4, 0.5) is 22.0 Å². The fourth-order valence-electron chi connectivity index (χ4n) is 7.13. The molecule has 2 heterocycles. The molecule has 0 aromatic heterocycles. The number of benzene rings is 3. The first kappa shape index (κ1) is 38.0. The van der Waals surface area contributed by atoms with Crippen molar-refractivity contribution in [2.75, 3.05) is 39.3 Å². The fraction of sp³-hybridized carbons (Fsp3) is 0.486. The highest BCUT2D eigenvalue weighted by Gasteiger charge is 2.48. The molecule has 52 heavy (non-hydrogen) atoms. The molecule has 1 saturated carbocycles. The standard InChI is InChI=1S/C37H43F5N4O5S/c38-36(39)25-45(19-18-34(36)43)35(47)33-23-44(22-26-6-8-28(9-7-26)29-10-12-31(13-11-29)51-37(40,41)42)20-21-46(33)52(48,49)32-16-14-30(15-17-32)50-24-27-4-2-1-3-5-27/h6-17,27,33-34H,1-5,18-25,43H2/t33-,34?/m0/s1. The molecule has 1 amide bonds. The number of sulfonamides is 1. The van der Waals surface area contributed by atoms with Crippen molar-refractivity contribution in [3.05, 3.63) is 78.4 Å². The predicted molar refractivity (Wildman–Crippen MR) is 184 cm³/mol. The molecule has 2 atom stereocenters. The average Bonchev–Trinajstić information content (AvgIpc) is 3.12. The minimum atomic E-state index is -4.79.